The molecule has 0 saturated heterocycles. The smallest absolute Gasteiger partial charge is 0.339 e. The van der Waals surface area contributed by atoms with Crippen molar-refractivity contribution < 1.29 is 14.3 Å². The fourth-order valence-corrected chi connectivity index (χ4v) is 0.805. The van der Waals surface area contributed by atoms with Crippen molar-refractivity contribution in [3.8, 4) is 0 Å². The van der Waals surface area contributed by atoms with Gasteiger partial charge in [-0.3, -0.25) is 0 Å². The Bertz CT molecular complexity index is 237. The average Bonchev–Trinajstić information content (AvgIpc) is 2.33. The first-order valence-corrected chi connectivity index (χ1v) is 3.05. The third-order valence-corrected chi connectivity index (χ3v) is 1.30. The first-order chi connectivity index (χ1) is 4.75. The third-order valence-electron chi connectivity index (χ3n) is 1.30. The molecule has 3 nitrogen and oxygen atoms in total. The minimum atomic E-state index is -0.925. The van der Waals surface area contributed by atoms with Gasteiger partial charge in [-0.15, -0.1) is 0 Å². The fourth-order valence-electron chi connectivity index (χ4n) is 0.805. The molecule has 3 heteroatoms. The molecule has 0 radical (unpaired) electrons. The fraction of sp³-hybridized carbons (Fsp3) is 0.286. The van der Waals surface area contributed by atoms with Gasteiger partial charge >= 0.3 is 5.97 Å². The lowest BCUT2D eigenvalue weighted by molar-refractivity contribution is 0.0694. The zero-order valence-corrected chi connectivity index (χ0v) is 5.63. The molecule has 10 heavy (non-hydrogen) atoms. The minimum absolute atomic E-state index is 0.266. The van der Waals surface area contributed by atoms with Gasteiger partial charge in [-0.05, 0) is 6.07 Å². The summed E-state index contributed by atoms with van der Waals surface area (Å²) in [7, 11) is 0. The van der Waals surface area contributed by atoms with Crippen LogP contribution in [0.25, 0.3) is 0 Å². The molecule has 0 aromatic carbocycles. The Kier molecular flexibility index (Phi) is 1.76. The lowest BCUT2D eigenvalue weighted by Crippen LogP contribution is -1.97. The van der Waals surface area contributed by atoms with Gasteiger partial charge in [0.05, 0.1) is 6.26 Å². The number of hydrogen-bond acceptors (Lipinski definition) is 2. The second-order valence-electron chi connectivity index (χ2n) is 1.92. The summed E-state index contributed by atoms with van der Waals surface area (Å²) < 4.78 is 4.89. The summed E-state index contributed by atoms with van der Waals surface area (Å²) in [6, 6.07) is 1.46. The molecule has 54 valence electrons. The molecular weight excluding hydrogens is 132 g/mol. The molecule has 0 unspecified atom stereocenters. The van der Waals surface area contributed by atoms with Gasteiger partial charge in [-0.25, -0.2) is 4.79 Å². The van der Waals surface area contributed by atoms with Gasteiger partial charge < -0.3 is 9.52 Å². The summed E-state index contributed by atoms with van der Waals surface area (Å²) in [5.41, 5.74) is 0.266. The second-order valence-corrected chi connectivity index (χ2v) is 1.92. The van der Waals surface area contributed by atoms with Crippen molar-refractivity contribution in [3.63, 3.8) is 0 Å². The molecule has 0 bridgehead atoms. The molecule has 1 aromatic heterocycles. The van der Waals surface area contributed by atoms with Crippen LogP contribution in [0.2, 0.25) is 0 Å². The Morgan fingerprint density at radius 3 is 2.90 bits per heavy atom. The number of aromatic carboxylic acids is 1. The van der Waals surface area contributed by atoms with Crippen LogP contribution in [0.15, 0.2) is 16.7 Å². The molecule has 0 fully saturated rings. The van der Waals surface area contributed by atoms with Crippen LogP contribution in [0.1, 0.15) is 23.0 Å². The van der Waals surface area contributed by atoms with Gasteiger partial charge in [0.2, 0.25) is 0 Å². The Hall–Kier alpha value is -1.25. The van der Waals surface area contributed by atoms with E-state index in [1.165, 1.54) is 12.3 Å². The van der Waals surface area contributed by atoms with Crippen molar-refractivity contribution in [2.24, 2.45) is 0 Å². The summed E-state index contributed by atoms with van der Waals surface area (Å²) in [5.74, 6) is -0.391. The molecule has 1 aromatic rings. The van der Waals surface area contributed by atoms with Crippen molar-refractivity contribution >= 4 is 5.97 Å². The molecule has 0 aliphatic carbocycles. The van der Waals surface area contributed by atoms with Gasteiger partial charge in [0, 0.05) is 6.42 Å². The van der Waals surface area contributed by atoms with Crippen LogP contribution in [0.3, 0.4) is 0 Å². The Balaban J connectivity index is 3.01. The lowest BCUT2D eigenvalue weighted by Gasteiger charge is -1.90. The maximum absolute atomic E-state index is 10.4. The number of hydrogen-bond donors (Lipinski definition) is 1. The van der Waals surface area contributed by atoms with E-state index in [1.54, 1.807) is 0 Å². The van der Waals surface area contributed by atoms with E-state index >= 15 is 0 Å². The number of carboxylic acid groups (broad SMARTS) is 1. The van der Waals surface area contributed by atoms with E-state index in [9.17, 15) is 4.79 Å². The Morgan fingerprint density at radius 2 is 2.50 bits per heavy atom. The maximum Gasteiger partial charge on any atom is 0.339 e. The minimum Gasteiger partial charge on any atom is -0.478 e. The lowest BCUT2D eigenvalue weighted by atomic mass is 10.2. The SMILES string of the molecule is CCc1occc1C(=O)O. The summed E-state index contributed by atoms with van der Waals surface area (Å²) in [4.78, 5) is 10.4. The Morgan fingerprint density at radius 1 is 1.80 bits per heavy atom. The highest BCUT2D eigenvalue weighted by Crippen LogP contribution is 2.10. The monoisotopic (exact) mass is 140 g/mol. The van der Waals surface area contributed by atoms with Gasteiger partial charge in [0.25, 0.3) is 0 Å². The van der Waals surface area contributed by atoms with Gasteiger partial charge in [-0.2, -0.15) is 0 Å². The molecule has 1 heterocycles. The quantitative estimate of drug-likeness (QED) is 0.677. The van der Waals surface area contributed by atoms with E-state index < -0.39 is 5.97 Å². The molecule has 0 aliphatic rings. The summed E-state index contributed by atoms with van der Waals surface area (Å²) in [5, 5.41) is 8.53. The van der Waals surface area contributed by atoms with Crippen LogP contribution in [-0.4, -0.2) is 11.1 Å². The molecule has 0 amide bonds. The largest absolute Gasteiger partial charge is 0.478 e. The third kappa shape index (κ3) is 1.03. The molecule has 0 spiro atoms. The molecular formula is C7H8O3. The summed E-state index contributed by atoms with van der Waals surface area (Å²) in [6.45, 7) is 1.85. The van der Waals surface area contributed by atoms with E-state index in [1.807, 2.05) is 6.92 Å². The van der Waals surface area contributed by atoms with Crippen molar-refractivity contribution in [1.29, 1.82) is 0 Å². The predicted octanol–water partition coefficient (Wildman–Crippen LogP) is 1.54. The number of carboxylic acids is 1. The number of carbonyl (C=O) groups is 1. The number of rotatable bonds is 2. The van der Waals surface area contributed by atoms with E-state index in [4.69, 9.17) is 9.52 Å². The zero-order valence-electron chi connectivity index (χ0n) is 5.63. The average molecular weight is 140 g/mol. The standard InChI is InChI=1S/C7H8O3/c1-2-6-5(7(8)9)3-4-10-6/h3-4H,2H2,1H3,(H,8,9). The van der Waals surface area contributed by atoms with Crippen LogP contribution in [0, 0.1) is 0 Å². The van der Waals surface area contributed by atoms with E-state index in [0.717, 1.165) is 0 Å². The van der Waals surface area contributed by atoms with Crippen molar-refractivity contribution in [3.05, 3.63) is 23.7 Å². The molecule has 0 atom stereocenters. The first-order valence-electron chi connectivity index (χ1n) is 3.05. The van der Waals surface area contributed by atoms with Crippen LogP contribution >= 0.6 is 0 Å². The first kappa shape index (κ1) is 6.86. The van der Waals surface area contributed by atoms with E-state index in [-0.39, 0.29) is 5.56 Å². The van der Waals surface area contributed by atoms with Crippen molar-refractivity contribution in [1.82, 2.24) is 0 Å². The van der Waals surface area contributed by atoms with Gasteiger partial charge in [-0.1, -0.05) is 6.92 Å². The predicted molar refractivity (Wildman–Crippen MR) is 35.0 cm³/mol. The van der Waals surface area contributed by atoms with E-state index in [0.29, 0.717) is 12.2 Å². The number of aryl methyl sites for hydroxylation is 1. The van der Waals surface area contributed by atoms with Crippen LogP contribution < -0.4 is 0 Å². The van der Waals surface area contributed by atoms with Gasteiger partial charge in [0.1, 0.15) is 11.3 Å². The van der Waals surface area contributed by atoms with Crippen LogP contribution in [-0.2, 0) is 6.42 Å². The van der Waals surface area contributed by atoms with Crippen molar-refractivity contribution in [2.45, 2.75) is 13.3 Å². The van der Waals surface area contributed by atoms with Crippen molar-refractivity contribution in [2.75, 3.05) is 0 Å². The topological polar surface area (TPSA) is 50.4 Å². The number of furan rings is 1. The highest BCUT2D eigenvalue weighted by atomic mass is 16.4. The maximum atomic E-state index is 10.4. The Labute approximate surface area is 58.3 Å². The molecule has 1 N–H and O–H groups in total. The van der Waals surface area contributed by atoms with Crippen LogP contribution in [0.4, 0.5) is 0 Å². The highest BCUT2D eigenvalue weighted by molar-refractivity contribution is 5.88. The second kappa shape index (κ2) is 2.56. The van der Waals surface area contributed by atoms with Gasteiger partial charge in [0.15, 0.2) is 0 Å². The highest BCUT2D eigenvalue weighted by Gasteiger charge is 2.10. The summed E-state index contributed by atoms with van der Waals surface area (Å²) in [6.07, 6.45) is 2.01. The molecule has 0 aliphatic heterocycles. The zero-order chi connectivity index (χ0) is 7.56. The normalized spacial score (nSPS) is 9.70. The molecule has 0 saturated carbocycles. The summed E-state index contributed by atoms with van der Waals surface area (Å²) >= 11 is 0. The van der Waals surface area contributed by atoms with Crippen LogP contribution in [0.5, 0.6) is 0 Å². The molecule has 1 rings (SSSR count). The van der Waals surface area contributed by atoms with E-state index in [2.05, 4.69) is 0 Å².